The van der Waals surface area contributed by atoms with Gasteiger partial charge < -0.3 is 71.0 Å². The summed E-state index contributed by atoms with van der Waals surface area (Å²) in [5.74, 6) is 1.02. The van der Waals surface area contributed by atoms with Crippen LogP contribution in [0.5, 0.6) is 23.0 Å². The average molecular weight is 1170 g/mol. The second-order valence-electron chi connectivity index (χ2n) is 24.9. The lowest BCUT2D eigenvalue weighted by Gasteiger charge is -2.33. The minimum Gasteiger partial charge on any atom is -0.493 e. The highest BCUT2D eigenvalue weighted by Gasteiger charge is 2.40. The molecule has 472 valence electrons. The second kappa shape index (κ2) is 36.1. The zero-order valence-electron chi connectivity index (χ0n) is 53.2. The van der Waals surface area contributed by atoms with Gasteiger partial charge in [-0.2, -0.15) is 0 Å². The van der Waals surface area contributed by atoms with Crippen molar-refractivity contribution < 1.29 is 67.0 Å². The lowest BCUT2D eigenvalue weighted by molar-refractivity contribution is -0.131. The molecule has 6 amide bonds. The molecule has 0 spiro atoms. The van der Waals surface area contributed by atoms with Crippen molar-refractivity contribution in [3.8, 4) is 23.0 Å². The van der Waals surface area contributed by atoms with Crippen molar-refractivity contribution in [2.24, 2.45) is 69.6 Å². The predicted octanol–water partition coefficient (Wildman–Crippen LogP) is 7.55. The molecule has 3 rings (SSSR count). The van der Waals surface area contributed by atoms with Gasteiger partial charge in [-0.1, -0.05) is 67.5 Å². The number of alkyl carbamates (subject to hydrolysis) is 1. The van der Waals surface area contributed by atoms with E-state index in [9.17, 15) is 33.9 Å². The van der Waals surface area contributed by atoms with E-state index in [1.165, 1.54) is 6.92 Å². The number of primary amides is 2. The van der Waals surface area contributed by atoms with Crippen molar-refractivity contribution in [3.05, 3.63) is 47.5 Å². The minimum absolute atomic E-state index is 0.00847. The third-order valence-electron chi connectivity index (χ3n) is 15.8. The first kappa shape index (κ1) is 73.2. The first-order valence-electron chi connectivity index (χ1n) is 29.6. The maximum Gasteiger partial charge on any atom is 0.407 e. The van der Waals surface area contributed by atoms with E-state index < -0.39 is 58.8 Å². The Hall–Kier alpha value is -5.86. The van der Waals surface area contributed by atoms with Gasteiger partial charge in [0.2, 0.25) is 29.5 Å². The molecular formula is C63H106N6O14. The van der Waals surface area contributed by atoms with E-state index in [0.717, 1.165) is 30.4 Å². The van der Waals surface area contributed by atoms with Gasteiger partial charge >= 0.3 is 6.09 Å². The number of hydrogen-bond donors (Lipinski definition) is 7. The number of carbonyl (C=O) groups excluding carboxylic acids is 6. The number of nitrogens with one attached hydrogen (secondary N) is 4. The lowest BCUT2D eigenvalue weighted by Crippen LogP contribution is -2.48. The molecule has 8 atom stereocenters. The summed E-state index contributed by atoms with van der Waals surface area (Å²) in [6.07, 6.45) is 2.94. The number of rotatable bonds is 38. The number of aliphatic hydroxyl groups excluding tert-OH is 1. The number of amides is 6. The highest BCUT2D eigenvalue weighted by molar-refractivity contribution is 5.84. The summed E-state index contributed by atoms with van der Waals surface area (Å²) in [6.45, 7) is 27.0. The van der Waals surface area contributed by atoms with Crippen molar-refractivity contribution in [1.29, 1.82) is 0 Å². The Bertz CT molecular complexity index is 2320. The molecule has 1 aliphatic heterocycles. The van der Waals surface area contributed by atoms with Crippen LogP contribution < -0.4 is 51.7 Å². The summed E-state index contributed by atoms with van der Waals surface area (Å²) >= 11 is 0. The van der Waals surface area contributed by atoms with Crippen molar-refractivity contribution in [2.45, 2.75) is 166 Å². The quantitative estimate of drug-likeness (QED) is 0.0320. The van der Waals surface area contributed by atoms with Crippen molar-refractivity contribution in [1.82, 2.24) is 21.3 Å². The number of ether oxygens (including phenoxy) is 7. The zero-order chi connectivity index (χ0) is 62.8. The first-order valence-corrected chi connectivity index (χ1v) is 29.6. The van der Waals surface area contributed by atoms with Crippen LogP contribution in [0, 0.1) is 58.2 Å². The maximum atomic E-state index is 13.1. The minimum atomic E-state index is -0.951. The fourth-order valence-corrected chi connectivity index (χ4v) is 9.72. The van der Waals surface area contributed by atoms with E-state index in [4.69, 9.17) is 44.6 Å². The Morgan fingerprint density at radius 2 is 1.07 bits per heavy atom. The van der Waals surface area contributed by atoms with Crippen LogP contribution >= 0.6 is 0 Å². The first-order chi connectivity index (χ1) is 38.9. The van der Waals surface area contributed by atoms with Crippen LogP contribution in [0.15, 0.2) is 36.4 Å². The SMILES string of the molecule is COCCCOc1cc(C[C@@H](C[C@@H]2NC(=O)O[C@H]2C[C@H](C(=O)NCC(C)(C)C(N)=O)C(C)C)C(C)C)ccc1OC.COCCCOc1cc(C[C@@H](C[C@H](NC(C)=O)[C@@H](O)C[C@H](C(=O)NCC(C)(C)C(N)=O)C(C)C)C(C)C)ccc1OC. The number of benzene rings is 2. The van der Waals surface area contributed by atoms with Crippen molar-refractivity contribution in [3.63, 3.8) is 0 Å². The summed E-state index contributed by atoms with van der Waals surface area (Å²) in [7, 11) is 6.56. The zero-order valence-corrected chi connectivity index (χ0v) is 53.2. The molecule has 0 bridgehead atoms. The standard InChI is InChI=1S/C32H55N3O7.C31H51N3O7/c1-20(2)24(15-23-11-12-28(41-9)29(16-23)42-14-10-13-40-8)17-26(35-22(5)36)27(37)18-25(21(3)4)30(38)34-19-32(6,7)31(33)39;1-19(2)22(14-21-10-11-25(39-8)27(15-21)40-13-9-12-38-7)16-24-26(41-30(37)34-24)17-23(20(3)4)28(35)33-18-31(5,6)29(32)36/h11-12,16,20-21,24-27,37H,10,13-15,17-19H2,1-9H3,(H2,33,39)(H,34,38)(H,35,36);10-11,15,19-20,22-24,26H,9,12-14,16-18H2,1-8H3,(H2,32,36)(H,33,35)(H,34,37)/t24-,25-,26-,27-;22-,23-,24-,26-/m00/s1. The molecule has 1 fully saturated rings. The average Bonchev–Trinajstić information content (AvgIpc) is 4.05. The predicted molar refractivity (Wildman–Crippen MR) is 322 cm³/mol. The van der Waals surface area contributed by atoms with E-state index >= 15 is 0 Å². The number of carbonyl (C=O) groups is 6. The van der Waals surface area contributed by atoms with Crippen molar-refractivity contribution >= 4 is 35.6 Å². The smallest absolute Gasteiger partial charge is 0.407 e. The van der Waals surface area contributed by atoms with Gasteiger partial charge in [0.05, 0.1) is 56.5 Å². The van der Waals surface area contributed by atoms with E-state index in [1.807, 2.05) is 64.1 Å². The molecule has 0 unspecified atom stereocenters. The van der Waals surface area contributed by atoms with Crippen LogP contribution in [-0.4, -0.2) is 133 Å². The molecule has 0 aliphatic carbocycles. The monoisotopic (exact) mass is 1170 g/mol. The van der Waals surface area contributed by atoms with Gasteiger partial charge in [-0.05, 0) is 137 Å². The van der Waals surface area contributed by atoms with E-state index in [1.54, 1.807) is 56.1 Å². The topological polar surface area (TPSA) is 287 Å². The third kappa shape index (κ3) is 25.5. The number of cyclic esters (lactones) is 1. The molecule has 1 saturated heterocycles. The van der Waals surface area contributed by atoms with E-state index in [-0.39, 0.29) is 72.9 Å². The molecule has 20 heteroatoms. The second-order valence-corrected chi connectivity index (χ2v) is 24.9. The molecule has 2 aromatic rings. The van der Waals surface area contributed by atoms with E-state index in [0.29, 0.717) is 81.0 Å². The van der Waals surface area contributed by atoms with Gasteiger partial charge in [-0.15, -0.1) is 0 Å². The number of nitrogens with two attached hydrogens (primary N) is 2. The highest BCUT2D eigenvalue weighted by Crippen LogP contribution is 2.35. The summed E-state index contributed by atoms with van der Waals surface area (Å²) in [5, 5.41) is 23.0. The Morgan fingerprint density at radius 1 is 0.627 bits per heavy atom. The summed E-state index contributed by atoms with van der Waals surface area (Å²) in [5.41, 5.74) is 11.3. The molecule has 0 saturated carbocycles. The van der Waals surface area contributed by atoms with Crippen LogP contribution in [0.1, 0.15) is 140 Å². The molecule has 9 N–H and O–H groups in total. The fraction of sp³-hybridized carbons (Fsp3) is 0.714. The molecule has 20 nitrogen and oxygen atoms in total. The Balaban J connectivity index is 0.000000567. The van der Waals surface area contributed by atoms with E-state index in [2.05, 4.69) is 49.0 Å². The number of methoxy groups -OCH3 is 4. The Kier molecular flexibility index (Phi) is 31.8. The van der Waals surface area contributed by atoms with Crippen LogP contribution in [0.2, 0.25) is 0 Å². The number of hydrogen-bond acceptors (Lipinski definition) is 14. The van der Waals surface area contributed by atoms with Gasteiger partial charge in [0, 0.05) is 72.1 Å². The third-order valence-corrected chi connectivity index (χ3v) is 15.8. The molecule has 0 radical (unpaired) electrons. The van der Waals surface area contributed by atoms with Gasteiger partial charge in [-0.3, -0.25) is 24.0 Å². The maximum absolute atomic E-state index is 13.1. The highest BCUT2D eigenvalue weighted by atomic mass is 16.6. The van der Waals surface area contributed by atoms with Crippen molar-refractivity contribution in [2.75, 3.05) is 68.0 Å². The lowest BCUT2D eigenvalue weighted by atomic mass is 9.80. The molecule has 0 aromatic heterocycles. The summed E-state index contributed by atoms with van der Waals surface area (Å²) in [4.78, 5) is 74.2. The van der Waals surface area contributed by atoms with Gasteiger partial charge in [0.1, 0.15) is 6.10 Å². The van der Waals surface area contributed by atoms with Crippen LogP contribution in [-0.2, 0) is 51.0 Å². The Labute approximate surface area is 496 Å². The molecular weight excluding hydrogens is 1060 g/mol. The largest absolute Gasteiger partial charge is 0.493 e. The molecule has 83 heavy (non-hydrogen) atoms. The fourth-order valence-electron chi connectivity index (χ4n) is 9.72. The molecule has 1 aliphatic rings. The van der Waals surface area contributed by atoms with Crippen LogP contribution in [0.4, 0.5) is 4.79 Å². The Morgan fingerprint density at radius 3 is 1.47 bits per heavy atom. The van der Waals surface area contributed by atoms with Gasteiger partial charge in [-0.25, -0.2) is 4.79 Å². The van der Waals surface area contributed by atoms with Crippen LogP contribution in [0.25, 0.3) is 0 Å². The summed E-state index contributed by atoms with van der Waals surface area (Å²) in [6, 6.07) is 11.1. The van der Waals surface area contributed by atoms with Crippen LogP contribution in [0.3, 0.4) is 0 Å². The van der Waals surface area contributed by atoms with Gasteiger partial charge in [0.15, 0.2) is 23.0 Å². The number of aliphatic hydroxyl groups is 1. The molecule has 1 heterocycles. The normalized spacial score (nSPS) is 16.6. The molecule has 2 aromatic carbocycles. The van der Waals surface area contributed by atoms with Gasteiger partial charge in [0.25, 0.3) is 0 Å². The summed E-state index contributed by atoms with van der Waals surface area (Å²) < 4.78 is 38.8.